The number of nitrogens with two attached hydrogens (primary N) is 1. The molecule has 1 aromatic heterocycles. The Bertz CT molecular complexity index is 585. The molecule has 0 saturated carbocycles. The van der Waals surface area contributed by atoms with Crippen LogP contribution in [0.2, 0.25) is 5.02 Å². The van der Waals surface area contributed by atoms with E-state index in [1.54, 1.807) is 12.1 Å². The largest absolute Gasteiger partial charge is 0.464 e. The van der Waals surface area contributed by atoms with E-state index < -0.39 is 16.6 Å². The third kappa shape index (κ3) is 2.98. The van der Waals surface area contributed by atoms with Gasteiger partial charge in [0.25, 0.3) is 0 Å². The maximum absolute atomic E-state index is 13.0. The average Bonchev–Trinajstić information content (AvgIpc) is 2.80. The Hall–Kier alpha value is -1.17. The maximum Gasteiger partial charge on any atom is 0.141 e. The fourth-order valence-electron chi connectivity index (χ4n) is 1.44. The fraction of sp³-hybridized carbons (Fsp3) is 0.167. The van der Waals surface area contributed by atoms with Crippen LogP contribution < -0.4 is 5.73 Å². The topological polar surface area (TPSA) is 56.2 Å². The first-order valence-electron chi connectivity index (χ1n) is 5.21. The zero-order valence-electron chi connectivity index (χ0n) is 9.36. The van der Waals surface area contributed by atoms with E-state index in [0.717, 1.165) is 0 Å². The molecule has 0 aliphatic carbocycles. The Balaban J connectivity index is 2.14. The van der Waals surface area contributed by atoms with Gasteiger partial charge in [-0.1, -0.05) is 11.6 Å². The highest BCUT2D eigenvalue weighted by Crippen LogP contribution is 2.20. The molecule has 0 saturated heterocycles. The lowest BCUT2D eigenvalue weighted by Gasteiger charge is -2.01. The summed E-state index contributed by atoms with van der Waals surface area (Å²) in [6.45, 7) is 0.301. The highest BCUT2D eigenvalue weighted by molar-refractivity contribution is 7.84. The molecule has 96 valence electrons. The van der Waals surface area contributed by atoms with Gasteiger partial charge < -0.3 is 10.2 Å². The van der Waals surface area contributed by atoms with Crippen molar-refractivity contribution in [2.45, 2.75) is 17.2 Å². The number of halogens is 2. The van der Waals surface area contributed by atoms with Crippen molar-refractivity contribution < 1.29 is 13.0 Å². The predicted molar refractivity (Wildman–Crippen MR) is 68.1 cm³/mol. The summed E-state index contributed by atoms with van der Waals surface area (Å²) >= 11 is 5.64. The van der Waals surface area contributed by atoms with Gasteiger partial charge in [0.2, 0.25) is 0 Å². The molecular weight excluding hydrogens is 277 g/mol. The highest BCUT2D eigenvalue weighted by Gasteiger charge is 2.10. The molecule has 0 aliphatic heterocycles. The second-order valence-corrected chi connectivity index (χ2v) is 5.50. The van der Waals surface area contributed by atoms with Gasteiger partial charge >= 0.3 is 0 Å². The van der Waals surface area contributed by atoms with E-state index in [1.807, 2.05) is 0 Å². The van der Waals surface area contributed by atoms with Gasteiger partial charge in [0.05, 0.1) is 28.1 Å². The van der Waals surface area contributed by atoms with Crippen LogP contribution in [-0.4, -0.2) is 4.21 Å². The third-order valence-electron chi connectivity index (χ3n) is 2.35. The van der Waals surface area contributed by atoms with Crippen LogP contribution in [-0.2, 0) is 23.1 Å². The maximum atomic E-state index is 13.0. The Morgan fingerprint density at radius 1 is 1.28 bits per heavy atom. The molecule has 1 heterocycles. The van der Waals surface area contributed by atoms with Crippen molar-refractivity contribution in [1.29, 1.82) is 0 Å². The molecule has 18 heavy (non-hydrogen) atoms. The Labute approximate surface area is 111 Å². The van der Waals surface area contributed by atoms with Crippen LogP contribution in [0.3, 0.4) is 0 Å². The molecule has 0 radical (unpaired) electrons. The van der Waals surface area contributed by atoms with E-state index >= 15 is 0 Å². The van der Waals surface area contributed by atoms with Crippen LogP contribution in [0.25, 0.3) is 0 Å². The summed E-state index contributed by atoms with van der Waals surface area (Å²) in [5, 5.41) is -0.0389. The van der Waals surface area contributed by atoms with Crippen LogP contribution in [0, 0.1) is 5.82 Å². The van der Waals surface area contributed by atoms with Gasteiger partial charge in [-0.15, -0.1) is 0 Å². The molecule has 2 rings (SSSR count). The fourth-order valence-corrected chi connectivity index (χ4v) is 2.74. The summed E-state index contributed by atoms with van der Waals surface area (Å²) in [5.74, 6) is 0.899. The van der Waals surface area contributed by atoms with Crippen molar-refractivity contribution in [3.8, 4) is 0 Å². The first kappa shape index (κ1) is 13.3. The van der Waals surface area contributed by atoms with Gasteiger partial charge in [0.15, 0.2) is 0 Å². The molecule has 0 aliphatic rings. The summed E-state index contributed by atoms with van der Waals surface area (Å²) in [5.41, 5.74) is 5.41. The van der Waals surface area contributed by atoms with E-state index in [0.29, 0.717) is 23.0 Å². The number of benzene rings is 1. The molecule has 1 atom stereocenters. The molecule has 2 aromatic rings. The molecule has 0 bridgehead atoms. The standard InChI is InChI=1S/C12H11ClFNO2S/c13-11-5-10(3-4-12(11)14)18(16)7-9-2-1-8(6-15)17-9/h1-5H,6-7,15H2. The summed E-state index contributed by atoms with van der Waals surface area (Å²) in [4.78, 5) is 0.465. The van der Waals surface area contributed by atoms with Gasteiger partial charge in [0, 0.05) is 4.90 Å². The molecule has 0 fully saturated rings. The van der Waals surface area contributed by atoms with E-state index in [9.17, 15) is 8.60 Å². The van der Waals surface area contributed by atoms with E-state index in [4.69, 9.17) is 21.8 Å². The number of hydrogen-bond acceptors (Lipinski definition) is 3. The van der Waals surface area contributed by atoms with E-state index in [2.05, 4.69) is 0 Å². The third-order valence-corrected chi connectivity index (χ3v) is 3.96. The minimum atomic E-state index is -1.33. The lowest BCUT2D eigenvalue weighted by Crippen LogP contribution is -1.96. The molecule has 1 unspecified atom stereocenters. The van der Waals surface area contributed by atoms with Crippen LogP contribution in [0.1, 0.15) is 11.5 Å². The minimum absolute atomic E-state index is 0.0389. The zero-order chi connectivity index (χ0) is 13.1. The van der Waals surface area contributed by atoms with E-state index in [-0.39, 0.29) is 10.8 Å². The lowest BCUT2D eigenvalue weighted by atomic mass is 10.3. The second kappa shape index (κ2) is 5.65. The van der Waals surface area contributed by atoms with Crippen LogP contribution in [0.15, 0.2) is 39.6 Å². The number of furan rings is 1. The van der Waals surface area contributed by atoms with Gasteiger partial charge in [0.1, 0.15) is 17.3 Å². The number of hydrogen-bond donors (Lipinski definition) is 1. The van der Waals surface area contributed by atoms with Crippen molar-refractivity contribution in [1.82, 2.24) is 0 Å². The van der Waals surface area contributed by atoms with Crippen LogP contribution in [0.4, 0.5) is 4.39 Å². The van der Waals surface area contributed by atoms with Gasteiger partial charge in [-0.3, -0.25) is 4.21 Å². The molecule has 0 spiro atoms. The summed E-state index contributed by atoms with van der Waals surface area (Å²) in [6, 6.07) is 7.47. The Morgan fingerprint density at radius 2 is 2.00 bits per heavy atom. The number of rotatable bonds is 4. The monoisotopic (exact) mass is 287 g/mol. The van der Waals surface area contributed by atoms with Crippen LogP contribution >= 0.6 is 11.6 Å². The summed E-state index contributed by atoms with van der Waals surface area (Å²) < 4.78 is 30.3. The minimum Gasteiger partial charge on any atom is -0.464 e. The van der Waals surface area contributed by atoms with Gasteiger partial charge in [-0.05, 0) is 30.3 Å². The first-order chi connectivity index (χ1) is 8.60. The second-order valence-electron chi connectivity index (χ2n) is 3.64. The van der Waals surface area contributed by atoms with Crippen molar-refractivity contribution in [3.05, 3.63) is 52.7 Å². The van der Waals surface area contributed by atoms with Crippen molar-refractivity contribution >= 4 is 22.4 Å². The molecule has 1 aromatic carbocycles. The van der Waals surface area contributed by atoms with Crippen LogP contribution in [0.5, 0.6) is 0 Å². The zero-order valence-corrected chi connectivity index (χ0v) is 10.9. The summed E-state index contributed by atoms with van der Waals surface area (Å²) in [7, 11) is -1.33. The lowest BCUT2D eigenvalue weighted by molar-refractivity contribution is 0.481. The highest BCUT2D eigenvalue weighted by atomic mass is 35.5. The quantitative estimate of drug-likeness (QED) is 0.941. The molecule has 2 N–H and O–H groups in total. The van der Waals surface area contributed by atoms with E-state index in [1.165, 1.54) is 18.2 Å². The van der Waals surface area contributed by atoms with Gasteiger partial charge in [-0.2, -0.15) is 0 Å². The molecule has 0 amide bonds. The Morgan fingerprint density at radius 3 is 2.61 bits per heavy atom. The smallest absolute Gasteiger partial charge is 0.141 e. The van der Waals surface area contributed by atoms with Crippen molar-refractivity contribution in [3.63, 3.8) is 0 Å². The van der Waals surface area contributed by atoms with Crippen molar-refractivity contribution in [2.75, 3.05) is 0 Å². The predicted octanol–water partition coefficient (Wildman–Crippen LogP) is 2.84. The average molecular weight is 288 g/mol. The molecular formula is C12H11ClFNO2S. The Kier molecular flexibility index (Phi) is 4.16. The summed E-state index contributed by atoms with van der Waals surface area (Å²) in [6.07, 6.45) is 0. The van der Waals surface area contributed by atoms with Gasteiger partial charge in [-0.25, -0.2) is 4.39 Å². The van der Waals surface area contributed by atoms with Crippen molar-refractivity contribution in [2.24, 2.45) is 5.73 Å². The normalized spacial score (nSPS) is 12.6. The first-order valence-corrected chi connectivity index (χ1v) is 6.91. The SMILES string of the molecule is NCc1ccc(CS(=O)c2ccc(F)c(Cl)c2)o1. The molecule has 3 nitrogen and oxygen atoms in total. The molecule has 6 heteroatoms.